The maximum atomic E-state index is 13.1. The topological polar surface area (TPSA) is 62.2 Å². The lowest BCUT2D eigenvalue weighted by atomic mass is 9.96. The van der Waals surface area contributed by atoms with Gasteiger partial charge in [-0.3, -0.25) is 9.78 Å². The van der Waals surface area contributed by atoms with E-state index in [1.54, 1.807) is 0 Å². The van der Waals surface area contributed by atoms with Crippen molar-refractivity contribution in [2.24, 2.45) is 0 Å². The van der Waals surface area contributed by atoms with Gasteiger partial charge in [0.05, 0.1) is 17.8 Å². The number of rotatable bonds is 8. The molecule has 4 aromatic rings. The van der Waals surface area contributed by atoms with Crippen LogP contribution in [0, 0.1) is 13.8 Å². The van der Waals surface area contributed by atoms with Crippen LogP contribution in [-0.2, 0) is 11.2 Å². The second-order valence-corrected chi connectivity index (χ2v) is 11.1. The monoisotopic (exact) mass is 601 g/mol. The number of anilines is 1. The van der Waals surface area contributed by atoms with Crippen molar-refractivity contribution >= 4 is 44.9 Å². The molecule has 2 N–H and O–H groups in total. The summed E-state index contributed by atoms with van der Waals surface area (Å²) < 4.78 is 3.31. The van der Waals surface area contributed by atoms with E-state index < -0.39 is 0 Å². The second kappa shape index (κ2) is 11.7. The summed E-state index contributed by atoms with van der Waals surface area (Å²) in [6.45, 7) is 6.85. The number of nitrogens with zero attached hydrogens (tertiary/aromatic N) is 3. The minimum atomic E-state index is -0.138. The number of nitrogens with one attached hydrogen (secondary N) is 2. The highest BCUT2D eigenvalue weighted by Gasteiger charge is 2.41. The van der Waals surface area contributed by atoms with Gasteiger partial charge < -0.3 is 20.1 Å². The minimum absolute atomic E-state index is 0.0286. The largest absolute Gasteiger partial charge is 0.352 e. The zero-order chi connectivity index (χ0) is 27.5. The maximum Gasteiger partial charge on any atom is 0.226 e. The Bertz CT molecular complexity index is 1480. The summed E-state index contributed by atoms with van der Waals surface area (Å²) in [6, 6.07) is 24.2. The van der Waals surface area contributed by atoms with Crippen LogP contribution in [0.1, 0.15) is 53.6 Å². The van der Waals surface area contributed by atoms with Crippen molar-refractivity contribution in [2.45, 2.75) is 45.7 Å². The molecule has 0 aliphatic carbocycles. The fourth-order valence-corrected chi connectivity index (χ4v) is 6.04. The van der Waals surface area contributed by atoms with Crippen molar-refractivity contribution in [1.82, 2.24) is 19.8 Å². The number of aromatic nitrogens is 2. The Morgan fingerprint density at radius 1 is 1.08 bits per heavy atom. The van der Waals surface area contributed by atoms with Crippen LogP contribution in [-0.4, -0.2) is 32.0 Å². The lowest BCUT2D eigenvalue weighted by molar-refractivity contribution is -0.116. The Kier molecular flexibility index (Phi) is 8.14. The lowest BCUT2D eigenvalue weighted by Crippen LogP contribution is -2.33. The van der Waals surface area contributed by atoms with Crippen molar-refractivity contribution in [3.05, 3.63) is 112 Å². The number of carbonyl (C=O) groups excluding carboxylic acids is 1. The molecule has 1 saturated heterocycles. The van der Waals surface area contributed by atoms with Crippen LogP contribution in [0.4, 0.5) is 5.69 Å². The first-order chi connectivity index (χ1) is 18.9. The molecule has 0 radical (unpaired) electrons. The predicted octanol–water partition coefficient (Wildman–Crippen LogP) is 6.82. The van der Waals surface area contributed by atoms with Gasteiger partial charge in [0.15, 0.2) is 5.11 Å². The highest BCUT2D eigenvalue weighted by Crippen LogP contribution is 2.41. The molecule has 3 heterocycles. The molecule has 39 heavy (non-hydrogen) atoms. The number of carbonyl (C=O) groups is 1. The van der Waals surface area contributed by atoms with E-state index in [1.807, 2.05) is 48.7 Å². The summed E-state index contributed by atoms with van der Waals surface area (Å²) in [4.78, 5) is 19.9. The van der Waals surface area contributed by atoms with Crippen molar-refractivity contribution in [1.29, 1.82) is 0 Å². The summed E-state index contributed by atoms with van der Waals surface area (Å²) in [5.74, 6) is -0.0286. The summed E-state index contributed by atoms with van der Waals surface area (Å²) in [6.07, 6.45) is 2.98. The Labute approximate surface area is 243 Å². The number of pyridine rings is 1. The molecule has 2 aromatic heterocycles. The van der Waals surface area contributed by atoms with E-state index in [1.165, 1.54) is 0 Å². The number of hydrogen-bond acceptors (Lipinski definition) is 3. The normalized spacial score (nSPS) is 16.8. The molecule has 0 saturated carbocycles. The van der Waals surface area contributed by atoms with Gasteiger partial charge in [-0.2, -0.15) is 0 Å². The van der Waals surface area contributed by atoms with Crippen molar-refractivity contribution in [2.75, 3.05) is 11.9 Å². The first kappa shape index (κ1) is 27.1. The molecular formula is C31H32BrN5OS. The summed E-state index contributed by atoms with van der Waals surface area (Å²) in [7, 11) is 0. The standard InChI is InChI=1S/C31H32BrN5OS/c1-4-22-9-5-6-10-26(22)34-28(38)16-18-36-30(29(35-31(36)39)27-11-7-8-17-33-27)25-19-20(2)37(21(25)3)24-14-12-23(32)13-15-24/h5-15,17,19,29-30H,4,16,18H2,1-3H3,(H,34,38)(H,35,39)/t29-,30+/m1/s1. The van der Waals surface area contributed by atoms with Gasteiger partial charge in [-0.1, -0.05) is 47.1 Å². The van der Waals surface area contributed by atoms with E-state index in [4.69, 9.17) is 12.2 Å². The average Bonchev–Trinajstić information content (AvgIpc) is 3.43. The van der Waals surface area contributed by atoms with Gasteiger partial charge in [0.1, 0.15) is 0 Å². The Morgan fingerprint density at radius 2 is 1.82 bits per heavy atom. The van der Waals surface area contributed by atoms with Crippen LogP contribution < -0.4 is 10.6 Å². The molecule has 0 bridgehead atoms. The van der Waals surface area contributed by atoms with E-state index >= 15 is 0 Å². The second-order valence-electron chi connectivity index (χ2n) is 9.77. The number of benzene rings is 2. The highest BCUT2D eigenvalue weighted by molar-refractivity contribution is 9.10. The SMILES string of the molecule is CCc1ccccc1NC(=O)CCN1C(=S)N[C@H](c2ccccn2)[C@@H]1c1cc(C)n(-c2ccc(Br)cc2)c1C. The summed E-state index contributed by atoms with van der Waals surface area (Å²) in [5, 5.41) is 7.24. The predicted molar refractivity (Wildman–Crippen MR) is 164 cm³/mol. The van der Waals surface area contributed by atoms with Gasteiger partial charge in [-0.15, -0.1) is 0 Å². The van der Waals surface area contributed by atoms with Crippen molar-refractivity contribution in [3.63, 3.8) is 0 Å². The number of halogens is 1. The van der Waals surface area contributed by atoms with Crippen LogP contribution in [0.3, 0.4) is 0 Å². The Balaban J connectivity index is 1.46. The fourth-order valence-electron chi connectivity index (χ4n) is 5.44. The zero-order valence-corrected chi connectivity index (χ0v) is 24.7. The highest BCUT2D eigenvalue weighted by atomic mass is 79.9. The van der Waals surface area contributed by atoms with E-state index in [0.29, 0.717) is 18.1 Å². The first-order valence-electron chi connectivity index (χ1n) is 13.2. The Morgan fingerprint density at radius 3 is 2.54 bits per heavy atom. The average molecular weight is 603 g/mol. The fraction of sp³-hybridized carbons (Fsp3) is 0.258. The molecule has 0 spiro atoms. The molecule has 0 unspecified atom stereocenters. The van der Waals surface area contributed by atoms with E-state index in [0.717, 1.165) is 50.5 Å². The summed E-state index contributed by atoms with van der Waals surface area (Å²) >= 11 is 9.39. The molecule has 6 nitrogen and oxygen atoms in total. The Hall–Kier alpha value is -3.49. The van der Waals surface area contributed by atoms with E-state index in [-0.39, 0.29) is 18.0 Å². The zero-order valence-electron chi connectivity index (χ0n) is 22.3. The van der Waals surface area contributed by atoms with E-state index in [2.05, 4.69) is 92.1 Å². The number of amides is 1. The number of hydrogen-bond donors (Lipinski definition) is 2. The van der Waals surface area contributed by atoms with Crippen LogP contribution in [0.25, 0.3) is 5.69 Å². The van der Waals surface area contributed by atoms with Gasteiger partial charge >= 0.3 is 0 Å². The smallest absolute Gasteiger partial charge is 0.226 e. The molecular weight excluding hydrogens is 570 g/mol. The summed E-state index contributed by atoms with van der Waals surface area (Å²) in [5.41, 5.74) is 7.45. The molecule has 2 atom stereocenters. The quantitative estimate of drug-likeness (QED) is 0.217. The number of thiocarbonyl (C=S) groups is 1. The third-order valence-corrected chi connectivity index (χ3v) is 8.20. The van der Waals surface area contributed by atoms with Gasteiger partial charge in [-0.05, 0) is 92.1 Å². The van der Waals surface area contributed by atoms with Crippen LogP contribution >= 0.6 is 28.1 Å². The molecule has 1 aliphatic heterocycles. The van der Waals surface area contributed by atoms with Crippen LogP contribution in [0.2, 0.25) is 0 Å². The first-order valence-corrected chi connectivity index (χ1v) is 14.4. The van der Waals surface area contributed by atoms with E-state index in [9.17, 15) is 4.79 Å². The molecule has 1 amide bonds. The molecule has 1 aliphatic rings. The van der Waals surface area contributed by atoms with Crippen LogP contribution in [0.5, 0.6) is 0 Å². The van der Waals surface area contributed by atoms with Gasteiger partial charge in [0.25, 0.3) is 0 Å². The van der Waals surface area contributed by atoms with Gasteiger partial charge in [-0.25, -0.2) is 0 Å². The molecule has 2 aromatic carbocycles. The van der Waals surface area contributed by atoms with Crippen LogP contribution in [0.15, 0.2) is 83.5 Å². The van der Waals surface area contributed by atoms with Gasteiger partial charge in [0.2, 0.25) is 5.91 Å². The molecule has 1 fully saturated rings. The third kappa shape index (κ3) is 5.63. The molecule has 8 heteroatoms. The minimum Gasteiger partial charge on any atom is -0.352 e. The third-order valence-electron chi connectivity index (χ3n) is 7.32. The van der Waals surface area contributed by atoms with Crippen molar-refractivity contribution < 1.29 is 4.79 Å². The molecule has 200 valence electrons. The number of aryl methyl sites for hydroxylation is 2. The van der Waals surface area contributed by atoms with Crippen molar-refractivity contribution in [3.8, 4) is 5.69 Å². The molecule has 5 rings (SSSR count). The maximum absolute atomic E-state index is 13.1. The van der Waals surface area contributed by atoms with Gasteiger partial charge in [0, 0.05) is 46.4 Å². The lowest BCUT2D eigenvalue weighted by Gasteiger charge is -2.28. The number of para-hydroxylation sites is 1.